The zero-order valence-corrected chi connectivity index (χ0v) is 32.9. The molecule has 0 spiro atoms. The number of hydrogen-bond donors (Lipinski definition) is 5. The quantitative estimate of drug-likeness (QED) is 0.204. The Morgan fingerprint density at radius 1 is 0.887 bits per heavy atom. The summed E-state index contributed by atoms with van der Waals surface area (Å²) in [4.78, 5) is 97.4. The van der Waals surface area contributed by atoms with Gasteiger partial charge in [-0.05, 0) is 67.8 Å². The molecule has 2 unspecified atom stereocenters. The number of ketones is 1. The molecule has 1 aromatic rings. The van der Waals surface area contributed by atoms with Crippen molar-refractivity contribution >= 4 is 41.4 Å². The standard InChI is InChI=1S/C39H59N7O7/c1-37(2,3)31(43-36(53)44-38(4,5)6)35(52)46-21-24-26(39(24,7)8)29(46)32(49)42-27(22-18-14-15-19-22)30(48)33(50)40-20-25(47)41-28(34(51)45(9)10)23-16-12-11-13-17-23/h11-13,16-17,22,24,26-29,31H,14-15,18-21H2,1-10H3,(H,40,50)(H,41,47)(H,42,49)(H2,43,44,53)/t24-,26?,27?,28-,29-,31+/m0/s1. The first-order valence-electron chi connectivity index (χ1n) is 18.6. The number of carbonyl (C=O) groups is 7. The molecule has 3 aliphatic rings. The van der Waals surface area contributed by atoms with Crippen molar-refractivity contribution in [1.82, 2.24) is 36.4 Å². The summed E-state index contributed by atoms with van der Waals surface area (Å²) in [6.07, 6.45) is 2.91. The van der Waals surface area contributed by atoms with Crippen LogP contribution in [0.4, 0.5) is 4.79 Å². The summed E-state index contributed by atoms with van der Waals surface area (Å²) in [5.74, 6) is -4.28. The Morgan fingerprint density at radius 2 is 1.49 bits per heavy atom. The largest absolute Gasteiger partial charge is 0.347 e. The Hall–Kier alpha value is -4.49. The van der Waals surface area contributed by atoms with Crippen LogP contribution >= 0.6 is 0 Å². The van der Waals surface area contributed by atoms with E-state index in [1.165, 1.54) is 9.80 Å². The summed E-state index contributed by atoms with van der Waals surface area (Å²) in [7, 11) is 3.14. The summed E-state index contributed by atoms with van der Waals surface area (Å²) in [6, 6.07) is 4.18. The van der Waals surface area contributed by atoms with E-state index in [1.807, 2.05) is 55.4 Å². The smallest absolute Gasteiger partial charge is 0.315 e. The Balaban J connectivity index is 1.49. The summed E-state index contributed by atoms with van der Waals surface area (Å²) in [6.45, 7) is 14.9. The highest BCUT2D eigenvalue weighted by atomic mass is 16.2. The van der Waals surface area contributed by atoms with E-state index >= 15 is 0 Å². The molecule has 0 bridgehead atoms. The Labute approximate surface area is 313 Å². The molecule has 0 aromatic heterocycles. The van der Waals surface area contributed by atoms with Crippen molar-refractivity contribution in [3.63, 3.8) is 0 Å². The van der Waals surface area contributed by atoms with Gasteiger partial charge in [0.05, 0.1) is 6.54 Å². The van der Waals surface area contributed by atoms with Crippen LogP contribution in [0.25, 0.3) is 0 Å². The molecule has 14 heteroatoms. The van der Waals surface area contributed by atoms with E-state index < -0.39 is 77.1 Å². The van der Waals surface area contributed by atoms with Crippen molar-refractivity contribution in [3.05, 3.63) is 35.9 Å². The third kappa shape index (κ3) is 9.74. The molecular weight excluding hydrogens is 678 g/mol. The number of piperidine rings is 1. The van der Waals surface area contributed by atoms with E-state index in [2.05, 4.69) is 26.6 Å². The van der Waals surface area contributed by atoms with Crippen LogP contribution < -0.4 is 26.6 Å². The van der Waals surface area contributed by atoms with Crippen LogP contribution in [-0.2, 0) is 28.8 Å². The number of nitrogens with zero attached hydrogens (tertiary/aromatic N) is 2. The van der Waals surface area contributed by atoms with E-state index in [0.717, 1.165) is 12.8 Å². The molecule has 2 saturated carbocycles. The van der Waals surface area contributed by atoms with Crippen molar-refractivity contribution in [1.29, 1.82) is 0 Å². The van der Waals surface area contributed by atoms with Gasteiger partial charge in [0.1, 0.15) is 24.2 Å². The predicted octanol–water partition coefficient (Wildman–Crippen LogP) is 2.29. The van der Waals surface area contributed by atoms with E-state index in [0.29, 0.717) is 24.9 Å². The van der Waals surface area contributed by atoms with Crippen LogP contribution in [0.5, 0.6) is 0 Å². The van der Waals surface area contributed by atoms with Gasteiger partial charge in [-0.25, -0.2) is 4.79 Å². The van der Waals surface area contributed by atoms with Crippen LogP contribution in [0.15, 0.2) is 30.3 Å². The normalized spacial score (nSPS) is 22.4. The zero-order valence-electron chi connectivity index (χ0n) is 32.9. The molecule has 2 aliphatic carbocycles. The van der Waals surface area contributed by atoms with Gasteiger partial charge in [0.25, 0.3) is 5.91 Å². The molecule has 6 atom stereocenters. The van der Waals surface area contributed by atoms with Gasteiger partial charge in [-0.3, -0.25) is 28.8 Å². The molecule has 7 amide bonds. The van der Waals surface area contributed by atoms with Gasteiger partial charge in [0.15, 0.2) is 0 Å². The maximum atomic E-state index is 14.3. The topological polar surface area (TPSA) is 186 Å². The van der Waals surface area contributed by atoms with Gasteiger partial charge in [0, 0.05) is 26.2 Å². The van der Waals surface area contributed by atoms with Crippen LogP contribution in [0.2, 0.25) is 0 Å². The fraction of sp³-hybridized carbons (Fsp3) is 0.667. The fourth-order valence-electron chi connectivity index (χ4n) is 7.85. The van der Waals surface area contributed by atoms with Gasteiger partial charge in [0.2, 0.25) is 29.4 Å². The molecule has 1 heterocycles. The lowest BCUT2D eigenvalue weighted by molar-refractivity contribution is -0.146. The molecular formula is C39H59N7O7. The van der Waals surface area contributed by atoms with Gasteiger partial charge in [-0.2, -0.15) is 0 Å². The lowest BCUT2D eigenvalue weighted by Crippen LogP contribution is -2.62. The molecule has 1 saturated heterocycles. The van der Waals surface area contributed by atoms with Crippen molar-refractivity contribution in [2.24, 2.45) is 28.6 Å². The lowest BCUT2D eigenvalue weighted by atomic mass is 9.85. The van der Waals surface area contributed by atoms with E-state index in [-0.39, 0.29) is 29.1 Å². The third-order valence-electron chi connectivity index (χ3n) is 10.8. The van der Waals surface area contributed by atoms with Crippen molar-refractivity contribution in [3.8, 4) is 0 Å². The third-order valence-corrected chi connectivity index (χ3v) is 10.8. The highest BCUT2D eigenvalue weighted by Crippen LogP contribution is 2.65. The molecule has 3 fully saturated rings. The number of likely N-dealkylation sites (tertiary alicyclic amines) is 1. The second-order valence-electron chi connectivity index (χ2n) is 17.8. The van der Waals surface area contributed by atoms with Crippen molar-refractivity contribution < 1.29 is 33.6 Å². The van der Waals surface area contributed by atoms with E-state index in [9.17, 15) is 33.6 Å². The number of hydrogen-bond acceptors (Lipinski definition) is 7. The molecule has 0 radical (unpaired) electrons. The van der Waals surface area contributed by atoms with Gasteiger partial charge in [-0.1, -0.05) is 77.8 Å². The molecule has 5 N–H and O–H groups in total. The minimum atomic E-state index is -1.16. The van der Waals surface area contributed by atoms with Crippen LogP contribution in [0, 0.1) is 28.6 Å². The molecule has 1 aromatic carbocycles. The average molecular weight is 738 g/mol. The minimum absolute atomic E-state index is 0.0488. The summed E-state index contributed by atoms with van der Waals surface area (Å²) < 4.78 is 0. The summed E-state index contributed by atoms with van der Waals surface area (Å²) in [5.41, 5.74) is -0.895. The van der Waals surface area contributed by atoms with Crippen molar-refractivity contribution in [2.45, 2.75) is 111 Å². The summed E-state index contributed by atoms with van der Waals surface area (Å²) in [5, 5.41) is 13.6. The first kappa shape index (κ1) is 41.3. The monoisotopic (exact) mass is 737 g/mol. The number of carbonyl (C=O) groups excluding carboxylic acids is 7. The highest BCUT2D eigenvalue weighted by Gasteiger charge is 2.70. The maximum Gasteiger partial charge on any atom is 0.315 e. The lowest BCUT2D eigenvalue weighted by Gasteiger charge is -2.38. The van der Waals surface area contributed by atoms with Crippen molar-refractivity contribution in [2.75, 3.05) is 27.2 Å². The van der Waals surface area contributed by atoms with Gasteiger partial charge >= 0.3 is 6.03 Å². The minimum Gasteiger partial charge on any atom is -0.347 e. The Morgan fingerprint density at radius 3 is 2.04 bits per heavy atom. The van der Waals surface area contributed by atoms with Crippen LogP contribution in [0.3, 0.4) is 0 Å². The number of nitrogens with one attached hydrogen (secondary N) is 5. The number of Topliss-reactive ketones (excluding diaryl/α,β-unsaturated/α-hetero) is 1. The van der Waals surface area contributed by atoms with Crippen LogP contribution in [0.1, 0.15) is 92.7 Å². The predicted molar refractivity (Wildman–Crippen MR) is 199 cm³/mol. The first-order valence-corrected chi connectivity index (χ1v) is 18.6. The second kappa shape index (κ2) is 15.9. The molecule has 292 valence electrons. The number of amides is 7. The van der Waals surface area contributed by atoms with Gasteiger partial charge < -0.3 is 36.4 Å². The molecule has 4 rings (SSSR count). The molecule has 14 nitrogen and oxygen atoms in total. The Bertz CT molecular complexity index is 1570. The first-order chi connectivity index (χ1) is 24.5. The fourth-order valence-corrected chi connectivity index (χ4v) is 7.85. The number of benzene rings is 1. The average Bonchev–Trinajstić information content (AvgIpc) is 3.50. The maximum absolute atomic E-state index is 14.3. The highest BCUT2D eigenvalue weighted by molar-refractivity contribution is 6.38. The zero-order chi connectivity index (χ0) is 39.6. The second-order valence-corrected chi connectivity index (χ2v) is 17.8. The molecule has 1 aliphatic heterocycles. The molecule has 53 heavy (non-hydrogen) atoms. The number of urea groups is 1. The van der Waals surface area contributed by atoms with Crippen LogP contribution in [-0.4, -0.2) is 102 Å². The van der Waals surface area contributed by atoms with E-state index in [1.54, 1.807) is 44.4 Å². The number of likely N-dealkylation sites (N-methyl/N-ethyl adjacent to an activating group) is 1. The SMILES string of the molecule is CN(C)C(=O)[C@@H](NC(=O)CNC(=O)C(=O)C(NC(=O)[C@@H]1C2[C@H](CN1C(=O)[C@@H](NC(=O)NC(C)(C)C)C(C)(C)C)C2(C)C)C1CCCC1)c1ccccc1. The Kier molecular flexibility index (Phi) is 12.3. The summed E-state index contributed by atoms with van der Waals surface area (Å²) >= 11 is 0. The van der Waals surface area contributed by atoms with E-state index in [4.69, 9.17) is 0 Å². The van der Waals surface area contributed by atoms with Gasteiger partial charge in [-0.15, -0.1) is 0 Å². The number of rotatable bonds is 12. The number of fused-ring (bicyclic) bond motifs is 1.